The van der Waals surface area contributed by atoms with Crippen molar-refractivity contribution in [2.45, 2.75) is 25.8 Å². The van der Waals surface area contributed by atoms with Crippen LogP contribution in [0.1, 0.15) is 29.9 Å². The van der Waals surface area contributed by atoms with E-state index in [-0.39, 0.29) is 0 Å². The van der Waals surface area contributed by atoms with Crippen LogP contribution in [0.15, 0.2) is 49.1 Å². The van der Waals surface area contributed by atoms with Crippen LogP contribution in [0.25, 0.3) is 22.3 Å². The fraction of sp³-hybridized carbons (Fsp3) is 0.467. The number of piperidine rings is 1. The number of benzene rings is 1. The number of pyridine rings is 1. The normalized spacial score (nSPS) is 17.9. The maximum absolute atomic E-state index is 13.2. The van der Waals surface area contributed by atoms with E-state index in [0.29, 0.717) is 64.0 Å². The number of ether oxygens (including phenoxy) is 2. The highest BCUT2D eigenvalue weighted by Gasteiger charge is 2.34. The summed E-state index contributed by atoms with van der Waals surface area (Å²) in [5, 5.41) is 0. The number of H-pyrrole nitrogens is 1. The Morgan fingerprint density at radius 2 is 1.77 bits per heavy atom. The third-order valence-electron chi connectivity index (χ3n) is 8.30. The molecule has 6 rings (SSSR count). The molecule has 228 valence electrons. The van der Waals surface area contributed by atoms with E-state index in [4.69, 9.17) is 14.5 Å². The van der Waals surface area contributed by atoms with Crippen LogP contribution < -0.4 is 4.74 Å². The van der Waals surface area contributed by atoms with Gasteiger partial charge in [0.05, 0.1) is 24.3 Å². The second kappa shape index (κ2) is 13.0. The highest BCUT2D eigenvalue weighted by molar-refractivity contribution is 7.86. The van der Waals surface area contributed by atoms with Crippen LogP contribution in [-0.4, -0.2) is 107 Å². The molecule has 2 aliphatic heterocycles. The molecule has 13 heteroatoms. The number of hydrogen-bond acceptors (Lipinski definition) is 9. The van der Waals surface area contributed by atoms with E-state index in [1.54, 1.807) is 29.0 Å². The monoisotopic (exact) mass is 606 g/mol. The lowest BCUT2D eigenvalue weighted by Crippen LogP contribution is -2.54. The number of piperazine rings is 1. The Kier molecular flexibility index (Phi) is 8.96. The van der Waals surface area contributed by atoms with Crippen LogP contribution in [0.5, 0.6) is 5.75 Å². The third kappa shape index (κ3) is 6.70. The van der Waals surface area contributed by atoms with E-state index in [1.165, 1.54) is 6.33 Å². The molecule has 3 aromatic heterocycles. The zero-order valence-corrected chi connectivity index (χ0v) is 25.5. The van der Waals surface area contributed by atoms with Crippen molar-refractivity contribution < 1.29 is 17.9 Å². The lowest BCUT2D eigenvalue weighted by atomic mass is 9.99. The third-order valence-corrected chi connectivity index (χ3v) is 10.3. The van der Waals surface area contributed by atoms with Gasteiger partial charge in [-0.15, -0.1) is 0 Å². The van der Waals surface area contributed by atoms with Crippen molar-refractivity contribution >= 4 is 21.2 Å². The van der Waals surface area contributed by atoms with Gasteiger partial charge in [-0.3, -0.25) is 9.88 Å². The number of methoxy groups -OCH3 is 2. The number of imidazole rings is 1. The van der Waals surface area contributed by atoms with Gasteiger partial charge in [0, 0.05) is 83.4 Å². The minimum absolute atomic E-state index is 0.443. The van der Waals surface area contributed by atoms with Gasteiger partial charge in [0.1, 0.15) is 17.8 Å². The summed E-state index contributed by atoms with van der Waals surface area (Å²) < 4.78 is 40.5. The first-order valence-corrected chi connectivity index (χ1v) is 16.1. The Bertz CT molecular complexity index is 1650. The molecule has 0 bridgehead atoms. The van der Waals surface area contributed by atoms with Gasteiger partial charge < -0.3 is 14.5 Å². The molecule has 0 spiro atoms. The summed E-state index contributed by atoms with van der Waals surface area (Å²) in [6, 6.07) is 10.1. The fourth-order valence-corrected chi connectivity index (χ4v) is 7.58. The minimum atomic E-state index is -3.43. The fourth-order valence-electron chi connectivity index (χ4n) is 5.95. The Hall–Kier alpha value is -3.49. The van der Waals surface area contributed by atoms with Crippen molar-refractivity contribution in [2.24, 2.45) is 5.92 Å². The average Bonchev–Trinajstić information content (AvgIpc) is 3.43. The Morgan fingerprint density at radius 3 is 2.53 bits per heavy atom. The zero-order valence-electron chi connectivity index (χ0n) is 24.6. The van der Waals surface area contributed by atoms with Crippen molar-refractivity contribution in [1.29, 1.82) is 0 Å². The number of aromatic nitrogens is 5. The molecule has 5 heterocycles. The van der Waals surface area contributed by atoms with E-state index in [9.17, 15) is 8.42 Å². The molecular weight excluding hydrogens is 568 g/mol. The molecule has 0 atom stereocenters. The molecule has 2 saturated heterocycles. The van der Waals surface area contributed by atoms with Crippen molar-refractivity contribution in [3.63, 3.8) is 0 Å². The minimum Gasteiger partial charge on any atom is -0.493 e. The van der Waals surface area contributed by atoms with Crippen LogP contribution >= 0.6 is 0 Å². The molecule has 12 nitrogen and oxygen atoms in total. The predicted molar refractivity (Wildman–Crippen MR) is 163 cm³/mol. The second-order valence-corrected chi connectivity index (χ2v) is 13.1. The Morgan fingerprint density at radius 1 is 0.977 bits per heavy atom. The SMILES string of the molecule is COCC1CCN(S(=O)(=O)N2CCN(Cc3ccnc(Cc4nc5ccc(-c6ncncc6OC)cc5[nH]4)c3)CC2)CC1. The number of aromatic amines is 1. The molecule has 4 aromatic rings. The molecular formula is C30H38N8O4S. The van der Waals surface area contributed by atoms with Crippen LogP contribution in [0.4, 0.5) is 0 Å². The number of rotatable bonds is 10. The van der Waals surface area contributed by atoms with E-state index in [1.807, 2.05) is 30.5 Å². The first-order chi connectivity index (χ1) is 20.9. The lowest BCUT2D eigenvalue weighted by Gasteiger charge is -2.38. The molecule has 43 heavy (non-hydrogen) atoms. The largest absolute Gasteiger partial charge is 0.493 e. The van der Waals surface area contributed by atoms with Crippen LogP contribution in [0.2, 0.25) is 0 Å². The summed E-state index contributed by atoms with van der Waals surface area (Å²) >= 11 is 0. The molecule has 0 radical (unpaired) electrons. The number of hydrogen-bond donors (Lipinski definition) is 1. The summed E-state index contributed by atoms with van der Waals surface area (Å²) in [6.07, 6.45) is 7.27. The van der Waals surface area contributed by atoms with Crippen LogP contribution in [0, 0.1) is 5.92 Å². The zero-order chi connectivity index (χ0) is 29.8. The molecule has 0 aliphatic carbocycles. The lowest BCUT2D eigenvalue weighted by molar-refractivity contribution is 0.117. The summed E-state index contributed by atoms with van der Waals surface area (Å²) in [4.78, 5) is 23.5. The molecule has 2 fully saturated rings. The highest BCUT2D eigenvalue weighted by Crippen LogP contribution is 2.29. The van der Waals surface area contributed by atoms with Gasteiger partial charge in [0.2, 0.25) is 0 Å². The van der Waals surface area contributed by atoms with E-state index in [2.05, 4.69) is 30.9 Å². The first kappa shape index (κ1) is 29.6. The van der Waals surface area contributed by atoms with E-state index in [0.717, 1.165) is 58.8 Å². The van der Waals surface area contributed by atoms with Crippen LogP contribution in [0.3, 0.4) is 0 Å². The maximum atomic E-state index is 13.2. The quantitative estimate of drug-likeness (QED) is 0.290. The summed E-state index contributed by atoms with van der Waals surface area (Å²) in [6.45, 7) is 4.97. The Balaban J connectivity index is 1.05. The highest BCUT2D eigenvalue weighted by atomic mass is 32.2. The van der Waals surface area contributed by atoms with Gasteiger partial charge >= 0.3 is 0 Å². The van der Waals surface area contributed by atoms with Gasteiger partial charge in [0.15, 0.2) is 5.75 Å². The van der Waals surface area contributed by atoms with Crippen molar-refractivity contribution in [2.75, 3.05) is 60.1 Å². The topological polar surface area (TPSA) is 130 Å². The molecule has 1 aromatic carbocycles. The van der Waals surface area contributed by atoms with Gasteiger partial charge in [-0.2, -0.15) is 17.0 Å². The molecule has 1 N–H and O–H groups in total. The molecule has 0 amide bonds. The standard InChI is InChI=1S/C30H38N8O4S/c1-41-20-22-6-9-37(10-7-22)43(39,40)38-13-11-36(12-14-38)19-23-5-8-32-25(15-23)17-29-34-26-4-3-24(16-27(26)35-29)30-28(42-2)18-31-21-33-30/h3-5,8,15-16,18,21-22H,6-7,9-14,17,19-20H2,1-2H3,(H,34,35). The molecule has 0 unspecified atom stereocenters. The summed E-state index contributed by atoms with van der Waals surface area (Å²) in [7, 11) is -0.120. The number of fused-ring (bicyclic) bond motifs is 1. The van der Waals surface area contributed by atoms with Gasteiger partial charge in [-0.1, -0.05) is 6.07 Å². The van der Waals surface area contributed by atoms with E-state index >= 15 is 0 Å². The van der Waals surface area contributed by atoms with Crippen molar-refractivity contribution in [3.8, 4) is 17.0 Å². The first-order valence-electron chi connectivity index (χ1n) is 14.7. The van der Waals surface area contributed by atoms with Crippen molar-refractivity contribution in [1.82, 2.24) is 38.4 Å². The van der Waals surface area contributed by atoms with Gasteiger partial charge in [0.25, 0.3) is 10.2 Å². The summed E-state index contributed by atoms with van der Waals surface area (Å²) in [5.41, 5.74) is 5.50. The smallest absolute Gasteiger partial charge is 0.282 e. The second-order valence-electron chi connectivity index (χ2n) is 11.2. The van der Waals surface area contributed by atoms with E-state index < -0.39 is 10.2 Å². The summed E-state index contributed by atoms with van der Waals surface area (Å²) in [5.74, 6) is 1.89. The van der Waals surface area contributed by atoms with Crippen LogP contribution in [-0.2, 0) is 27.9 Å². The van der Waals surface area contributed by atoms with Gasteiger partial charge in [-0.25, -0.2) is 15.0 Å². The maximum Gasteiger partial charge on any atom is 0.282 e. The predicted octanol–water partition coefficient (Wildman–Crippen LogP) is 2.74. The Labute approximate surface area is 252 Å². The molecule has 0 saturated carbocycles. The number of nitrogens with one attached hydrogen (secondary N) is 1. The number of nitrogens with zero attached hydrogens (tertiary/aromatic N) is 7. The van der Waals surface area contributed by atoms with Crippen molar-refractivity contribution in [3.05, 3.63) is 66.1 Å². The average molecular weight is 607 g/mol. The van der Waals surface area contributed by atoms with Gasteiger partial charge in [-0.05, 0) is 48.6 Å². The molecule has 2 aliphatic rings.